The number of hydrogen-bond acceptors (Lipinski definition) is 5. The van der Waals surface area contributed by atoms with Crippen molar-refractivity contribution in [1.82, 2.24) is 4.98 Å². The lowest BCUT2D eigenvalue weighted by atomic mass is 10.1. The smallest absolute Gasteiger partial charge is 0.181 e. The van der Waals surface area contributed by atoms with Gasteiger partial charge in [-0.2, -0.15) is 0 Å². The maximum atomic E-state index is 5.70. The van der Waals surface area contributed by atoms with Gasteiger partial charge < -0.3 is 10.5 Å². The summed E-state index contributed by atoms with van der Waals surface area (Å²) in [5.74, 6) is 1.80. The number of rotatable bonds is 4. The largest absolute Gasteiger partial charge is 0.496 e. The van der Waals surface area contributed by atoms with Gasteiger partial charge in [0.25, 0.3) is 0 Å². The fourth-order valence-corrected chi connectivity index (χ4v) is 3.70. The van der Waals surface area contributed by atoms with Crippen LogP contribution in [0.3, 0.4) is 0 Å². The molecule has 0 bridgehead atoms. The molecule has 2 N–H and O–H groups in total. The minimum Gasteiger partial charge on any atom is -0.496 e. The third-order valence-corrected chi connectivity index (χ3v) is 4.96. The molecule has 3 nitrogen and oxygen atoms in total. The number of thioether (sulfide) groups is 1. The van der Waals surface area contributed by atoms with Gasteiger partial charge in [-0.1, -0.05) is 29.0 Å². The number of nitrogen functional groups attached to an aromatic ring is 1. The average molecular weight is 280 g/mol. The van der Waals surface area contributed by atoms with E-state index in [0.29, 0.717) is 5.13 Å². The van der Waals surface area contributed by atoms with E-state index >= 15 is 0 Å². The Morgan fingerprint density at radius 1 is 1.39 bits per heavy atom. The molecule has 96 valence electrons. The molecule has 0 amide bonds. The second-order valence-corrected chi connectivity index (χ2v) is 6.30. The number of thiazole rings is 1. The van der Waals surface area contributed by atoms with Gasteiger partial charge in [-0.3, -0.25) is 0 Å². The molecule has 1 heterocycles. The normalized spacial score (nSPS) is 10.6. The number of benzene rings is 1. The van der Waals surface area contributed by atoms with E-state index in [9.17, 15) is 0 Å². The summed E-state index contributed by atoms with van der Waals surface area (Å²) >= 11 is 3.30. The van der Waals surface area contributed by atoms with Crippen molar-refractivity contribution in [2.24, 2.45) is 0 Å². The number of nitrogens with zero attached hydrogens (tertiary/aromatic N) is 1. The first kappa shape index (κ1) is 13.2. The van der Waals surface area contributed by atoms with Gasteiger partial charge >= 0.3 is 0 Å². The Hall–Kier alpha value is -1.20. The highest BCUT2D eigenvalue weighted by Crippen LogP contribution is 2.34. The summed E-state index contributed by atoms with van der Waals surface area (Å²) in [5.41, 5.74) is 9.15. The summed E-state index contributed by atoms with van der Waals surface area (Å²) in [6.45, 7) is 4.08. The summed E-state index contributed by atoms with van der Waals surface area (Å²) in [6.07, 6.45) is 0. The number of nitrogens with two attached hydrogens (primary N) is 1. The summed E-state index contributed by atoms with van der Waals surface area (Å²) in [5, 5.41) is 0.631. The number of aromatic nitrogens is 1. The van der Waals surface area contributed by atoms with E-state index in [1.54, 1.807) is 30.2 Å². The van der Waals surface area contributed by atoms with Gasteiger partial charge in [0, 0.05) is 11.3 Å². The SMILES string of the molecule is COc1ccc(C)cc1CSc1sc(N)nc1C. The van der Waals surface area contributed by atoms with Crippen LogP contribution in [0, 0.1) is 13.8 Å². The minimum absolute atomic E-state index is 0.631. The number of aryl methyl sites for hydroxylation is 2. The summed E-state index contributed by atoms with van der Waals surface area (Å²) < 4.78 is 6.55. The van der Waals surface area contributed by atoms with Crippen LogP contribution in [0.2, 0.25) is 0 Å². The molecule has 0 aliphatic carbocycles. The molecule has 0 aliphatic rings. The van der Waals surface area contributed by atoms with Crippen molar-refractivity contribution in [3.63, 3.8) is 0 Å². The van der Waals surface area contributed by atoms with E-state index < -0.39 is 0 Å². The highest BCUT2D eigenvalue weighted by Gasteiger charge is 2.09. The highest BCUT2D eigenvalue weighted by atomic mass is 32.2. The number of anilines is 1. The topological polar surface area (TPSA) is 48.1 Å². The van der Waals surface area contributed by atoms with E-state index in [-0.39, 0.29) is 0 Å². The lowest BCUT2D eigenvalue weighted by Gasteiger charge is -2.08. The molecule has 0 atom stereocenters. The Kier molecular flexibility index (Phi) is 4.14. The molecular formula is C13H16N2OS2. The van der Waals surface area contributed by atoms with Crippen molar-refractivity contribution in [1.29, 1.82) is 0 Å². The van der Waals surface area contributed by atoms with Crippen LogP contribution in [-0.2, 0) is 5.75 Å². The van der Waals surface area contributed by atoms with E-state index in [2.05, 4.69) is 24.0 Å². The first-order valence-corrected chi connectivity index (χ1v) is 7.39. The van der Waals surface area contributed by atoms with Crippen LogP contribution in [0.1, 0.15) is 16.8 Å². The average Bonchev–Trinajstić information content (AvgIpc) is 2.65. The fourth-order valence-electron chi connectivity index (χ4n) is 1.70. The Morgan fingerprint density at radius 2 is 2.17 bits per heavy atom. The van der Waals surface area contributed by atoms with Gasteiger partial charge in [0.1, 0.15) is 5.75 Å². The van der Waals surface area contributed by atoms with Crippen LogP contribution >= 0.6 is 23.1 Å². The molecule has 0 fully saturated rings. The molecule has 0 spiro atoms. The van der Waals surface area contributed by atoms with Crippen molar-refractivity contribution >= 4 is 28.2 Å². The summed E-state index contributed by atoms with van der Waals surface area (Å²) in [7, 11) is 1.70. The van der Waals surface area contributed by atoms with Gasteiger partial charge in [-0.15, -0.1) is 11.8 Å². The summed E-state index contributed by atoms with van der Waals surface area (Å²) in [6, 6.07) is 6.23. The third kappa shape index (κ3) is 2.97. The second-order valence-electron chi connectivity index (χ2n) is 4.03. The highest BCUT2D eigenvalue weighted by molar-refractivity contribution is 8.00. The Balaban J connectivity index is 2.14. The van der Waals surface area contributed by atoms with E-state index in [4.69, 9.17) is 10.5 Å². The Labute approximate surface area is 115 Å². The number of hydrogen-bond donors (Lipinski definition) is 1. The van der Waals surface area contributed by atoms with Crippen LogP contribution in [0.25, 0.3) is 0 Å². The lowest BCUT2D eigenvalue weighted by Crippen LogP contribution is -1.91. The van der Waals surface area contributed by atoms with E-state index in [0.717, 1.165) is 17.2 Å². The first-order valence-electron chi connectivity index (χ1n) is 5.59. The molecule has 2 rings (SSSR count). The van der Waals surface area contributed by atoms with Crippen molar-refractivity contribution in [2.45, 2.75) is 23.8 Å². The molecule has 1 aromatic heterocycles. The quantitative estimate of drug-likeness (QED) is 0.869. The summed E-state index contributed by atoms with van der Waals surface area (Å²) in [4.78, 5) is 4.23. The maximum absolute atomic E-state index is 5.70. The molecule has 0 saturated carbocycles. The second kappa shape index (κ2) is 5.63. The van der Waals surface area contributed by atoms with Crippen LogP contribution in [0.15, 0.2) is 22.4 Å². The van der Waals surface area contributed by atoms with Crippen molar-refractivity contribution in [3.05, 3.63) is 35.0 Å². The molecule has 2 aromatic rings. The number of methoxy groups -OCH3 is 1. The zero-order valence-corrected chi connectivity index (χ0v) is 12.3. The van der Waals surface area contributed by atoms with Crippen LogP contribution < -0.4 is 10.5 Å². The zero-order valence-electron chi connectivity index (χ0n) is 10.7. The molecule has 1 aromatic carbocycles. The van der Waals surface area contributed by atoms with Gasteiger partial charge in [0.05, 0.1) is 17.0 Å². The van der Waals surface area contributed by atoms with Crippen LogP contribution in [-0.4, -0.2) is 12.1 Å². The van der Waals surface area contributed by atoms with Gasteiger partial charge in [0.15, 0.2) is 5.13 Å². The zero-order chi connectivity index (χ0) is 13.1. The number of ether oxygens (including phenoxy) is 1. The van der Waals surface area contributed by atoms with Crippen LogP contribution in [0.5, 0.6) is 5.75 Å². The van der Waals surface area contributed by atoms with E-state index in [1.807, 2.05) is 13.0 Å². The third-order valence-electron chi connectivity index (χ3n) is 2.57. The van der Waals surface area contributed by atoms with Gasteiger partial charge in [-0.25, -0.2) is 4.98 Å². The van der Waals surface area contributed by atoms with Gasteiger partial charge in [0.2, 0.25) is 0 Å². The standard InChI is InChI=1S/C13H16N2OS2/c1-8-4-5-11(16-3)10(6-8)7-17-12-9(2)15-13(14)18-12/h4-6H,7H2,1-3H3,(H2,14,15). The van der Waals surface area contributed by atoms with Crippen molar-refractivity contribution in [2.75, 3.05) is 12.8 Å². The molecule has 0 unspecified atom stereocenters. The predicted molar refractivity (Wildman–Crippen MR) is 78.6 cm³/mol. The molecule has 0 radical (unpaired) electrons. The Morgan fingerprint density at radius 3 is 2.78 bits per heavy atom. The van der Waals surface area contributed by atoms with Crippen LogP contribution in [0.4, 0.5) is 5.13 Å². The Bertz CT molecular complexity index is 552. The molecule has 0 saturated heterocycles. The maximum Gasteiger partial charge on any atom is 0.181 e. The first-order chi connectivity index (χ1) is 8.60. The minimum atomic E-state index is 0.631. The van der Waals surface area contributed by atoms with E-state index in [1.165, 1.54) is 15.3 Å². The molecule has 0 aliphatic heterocycles. The predicted octanol–water partition coefficient (Wildman–Crippen LogP) is 3.64. The lowest BCUT2D eigenvalue weighted by molar-refractivity contribution is 0.411. The molecule has 5 heteroatoms. The fraction of sp³-hybridized carbons (Fsp3) is 0.308. The van der Waals surface area contributed by atoms with Gasteiger partial charge in [-0.05, 0) is 19.9 Å². The molecular weight excluding hydrogens is 264 g/mol. The van der Waals surface area contributed by atoms with Crippen molar-refractivity contribution < 1.29 is 4.74 Å². The van der Waals surface area contributed by atoms with Crippen molar-refractivity contribution in [3.8, 4) is 5.75 Å². The monoisotopic (exact) mass is 280 g/mol. The molecule has 18 heavy (non-hydrogen) atoms.